The van der Waals surface area contributed by atoms with E-state index in [1.165, 1.54) is 12.5 Å². The third kappa shape index (κ3) is 3.79. The number of nitrogens with two attached hydrogens (primary N) is 1. The minimum Gasteiger partial charge on any atom is -0.329 e. The smallest absolute Gasteiger partial charge is 0.129 e. The van der Waals surface area contributed by atoms with Gasteiger partial charge in [0.25, 0.3) is 0 Å². The summed E-state index contributed by atoms with van der Waals surface area (Å²) in [5.74, 6) is 0.461. The molecule has 3 nitrogen and oxygen atoms in total. The van der Waals surface area contributed by atoms with Gasteiger partial charge in [0.1, 0.15) is 5.82 Å². The van der Waals surface area contributed by atoms with Gasteiger partial charge in [-0.15, -0.1) is 0 Å². The molecule has 1 aromatic carbocycles. The fourth-order valence-electron chi connectivity index (χ4n) is 3.03. The molecule has 2 atom stereocenters. The molecule has 1 heterocycles. The normalized spacial score (nSPS) is 21.6. The van der Waals surface area contributed by atoms with Crippen molar-refractivity contribution in [3.05, 3.63) is 34.1 Å². The van der Waals surface area contributed by atoms with Crippen molar-refractivity contribution in [3.8, 4) is 0 Å². The largest absolute Gasteiger partial charge is 0.329 e. The van der Waals surface area contributed by atoms with Crippen molar-refractivity contribution in [2.24, 2.45) is 11.7 Å². The second kappa shape index (κ2) is 6.98. The van der Waals surface area contributed by atoms with E-state index in [1.54, 1.807) is 0 Å². The molecular weight excluding hydrogens is 321 g/mol. The van der Waals surface area contributed by atoms with Gasteiger partial charge < -0.3 is 10.6 Å². The van der Waals surface area contributed by atoms with Crippen LogP contribution < -0.4 is 5.73 Å². The van der Waals surface area contributed by atoms with Gasteiger partial charge in [-0.25, -0.2) is 4.39 Å². The average molecular weight is 344 g/mol. The second-order valence-electron chi connectivity index (χ2n) is 5.77. The van der Waals surface area contributed by atoms with Crippen LogP contribution in [0.1, 0.15) is 18.0 Å². The van der Waals surface area contributed by atoms with Crippen molar-refractivity contribution >= 4 is 15.9 Å². The highest BCUT2D eigenvalue weighted by atomic mass is 79.9. The first kappa shape index (κ1) is 15.9. The standard InChI is InChI=1S/C15H23BrFN3/c1-19-6-5-11(9-19)10-20(2)15(8-18)13-4-3-12(16)7-14(13)17/h3-4,7,11,15H,5-6,8-10,18H2,1-2H3. The summed E-state index contributed by atoms with van der Waals surface area (Å²) in [6, 6.07) is 5.15. The Kier molecular flexibility index (Phi) is 5.55. The van der Waals surface area contributed by atoms with E-state index in [-0.39, 0.29) is 11.9 Å². The maximum atomic E-state index is 14.1. The van der Waals surface area contributed by atoms with E-state index in [9.17, 15) is 4.39 Å². The van der Waals surface area contributed by atoms with Gasteiger partial charge in [-0.3, -0.25) is 4.90 Å². The van der Waals surface area contributed by atoms with Gasteiger partial charge in [-0.1, -0.05) is 22.0 Å². The molecule has 5 heteroatoms. The van der Waals surface area contributed by atoms with Gasteiger partial charge in [0, 0.05) is 35.7 Å². The molecule has 0 aromatic heterocycles. The number of rotatable bonds is 5. The molecule has 112 valence electrons. The van der Waals surface area contributed by atoms with Crippen LogP contribution in [0.2, 0.25) is 0 Å². The maximum absolute atomic E-state index is 14.1. The molecule has 1 aliphatic heterocycles. The number of likely N-dealkylation sites (tertiary alicyclic amines) is 1. The molecule has 0 spiro atoms. The van der Waals surface area contributed by atoms with E-state index < -0.39 is 0 Å². The van der Waals surface area contributed by atoms with Crippen LogP contribution in [0.3, 0.4) is 0 Å². The van der Waals surface area contributed by atoms with E-state index in [4.69, 9.17) is 5.73 Å². The first-order valence-corrected chi connectivity index (χ1v) is 7.84. The molecule has 2 rings (SSSR count). The molecule has 0 bridgehead atoms. The molecular formula is C15H23BrFN3. The lowest BCUT2D eigenvalue weighted by atomic mass is 10.0. The van der Waals surface area contributed by atoms with Crippen molar-refractivity contribution < 1.29 is 4.39 Å². The molecule has 2 unspecified atom stereocenters. The van der Waals surface area contributed by atoms with Gasteiger partial charge >= 0.3 is 0 Å². The van der Waals surface area contributed by atoms with Crippen LogP contribution >= 0.6 is 15.9 Å². The van der Waals surface area contributed by atoms with Gasteiger partial charge in [0.05, 0.1) is 0 Å². The lowest BCUT2D eigenvalue weighted by molar-refractivity contribution is 0.208. The van der Waals surface area contributed by atoms with Crippen LogP contribution in [-0.4, -0.2) is 50.1 Å². The highest BCUT2D eigenvalue weighted by Crippen LogP contribution is 2.26. The van der Waals surface area contributed by atoms with Crippen LogP contribution in [0.5, 0.6) is 0 Å². The highest BCUT2D eigenvalue weighted by Gasteiger charge is 2.25. The minimum atomic E-state index is -0.190. The van der Waals surface area contributed by atoms with Crippen molar-refractivity contribution in [3.63, 3.8) is 0 Å². The first-order valence-electron chi connectivity index (χ1n) is 7.05. The molecule has 2 N–H and O–H groups in total. The third-order valence-electron chi connectivity index (χ3n) is 4.11. The van der Waals surface area contributed by atoms with Crippen LogP contribution in [-0.2, 0) is 0 Å². The maximum Gasteiger partial charge on any atom is 0.129 e. The number of likely N-dealkylation sites (N-methyl/N-ethyl adjacent to an activating group) is 1. The monoisotopic (exact) mass is 343 g/mol. The van der Waals surface area contributed by atoms with Gasteiger partial charge in [0.2, 0.25) is 0 Å². The van der Waals surface area contributed by atoms with E-state index in [2.05, 4.69) is 32.8 Å². The highest BCUT2D eigenvalue weighted by molar-refractivity contribution is 9.10. The first-order chi connectivity index (χ1) is 9.51. The van der Waals surface area contributed by atoms with Crippen LogP contribution in [0.4, 0.5) is 4.39 Å². The van der Waals surface area contributed by atoms with Gasteiger partial charge in [0.15, 0.2) is 0 Å². The molecule has 0 amide bonds. The van der Waals surface area contributed by atoms with E-state index >= 15 is 0 Å². The van der Waals surface area contributed by atoms with Crippen LogP contribution in [0, 0.1) is 11.7 Å². The number of hydrogen-bond acceptors (Lipinski definition) is 3. The molecule has 1 aliphatic rings. The quantitative estimate of drug-likeness (QED) is 0.891. The Bertz CT molecular complexity index is 455. The Morgan fingerprint density at radius 2 is 2.30 bits per heavy atom. The van der Waals surface area contributed by atoms with Gasteiger partial charge in [-0.2, -0.15) is 0 Å². The summed E-state index contributed by atoms with van der Waals surface area (Å²) in [7, 11) is 4.19. The molecule has 0 radical (unpaired) electrons. The summed E-state index contributed by atoms with van der Waals surface area (Å²) < 4.78 is 14.9. The third-order valence-corrected chi connectivity index (χ3v) is 4.61. The fraction of sp³-hybridized carbons (Fsp3) is 0.600. The Hall–Kier alpha value is -0.490. The number of nitrogens with zero attached hydrogens (tertiary/aromatic N) is 2. The zero-order valence-corrected chi connectivity index (χ0v) is 13.7. The molecule has 20 heavy (non-hydrogen) atoms. The van der Waals surface area contributed by atoms with E-state index in [0.717, 1.165) is 24.1 Å². The predicted molar refractivity (Wildman–Crippen MR) is 84.1 cm³/mol. The Labute approximate surface area is 129 Å². The van der Waals surface area contributed by atoms with Gasteiger partial charge in [-0.05, 0) is 45.1 Å². The SMILES string of the molecule is CN1CCC(CN(C)C(CN)c2ccc(Br)cc2F)C1. The van der Waals surface area contributed by atoms with Crippen LogP contribution in [0.25, 0.3) is 0 Å². The average Bonchev–Trinajstić information content (AvgIpc) is 2.78. The summed E-state index contributed by atoms with van der Waals surface area (Å²) >= 11 is 3.29. The van der Waals surface area contributed by atoms with E-state index in [1.807, 2.05) is 19.2 Å². The lowest BCUT2D eigenvalue weighted by Gasteiger charge is -2.30. The van der Waals surface area contributed by atoms with E-state index in [0.29, 0.717) is 18.0 Å². The van der Waals surface area contributed by atoms with Crippen molar-refractivity contribution in [2.45, 2.75) is 12.5 Å². The Morgan fingerprint density at radius 3 is 2.85 bits per heavy atom. The summed E-state index contributed by atoms with van der Waals surface area (Å²) in [6.07, 6.45) is 1.21. The van der Waals surface area contributed by atoms with Crippen molar-refractivity contribution in [1.82, 2.24) is 9.80 Å². The molecule has 0 aliphatic carbocycles. The summed E-state index contributed by atoms with van der Waals surface area (Å²) in [5, 5.41) is 0. The fourth-order valence-corrected chi connectivity index (χ4v) is 3.36. The molecule has 0 saturated carbocycles. The summed E-state index contributed by atoms with van der Waals surface area (Å²) in [6.45, 7) is 3.65. The number of hydrogen-bond donors (Lipinski definition) is 1. The second-order valence-corrected chi connectivity index (χ2v) is 6.69. The Balaban J connectivity index is 2.06. The summed E-state index contributed by atoms with van der Waals surface area (Å²) in [4.78, 5) is 4.53. The molecule has 1 saturated heterocycles. The zero-order chi connectivity index (χ0) is 14.7. The number of benzene rings is 1. The Morgan fingerprint density at radius 1 is 1.55 bits per heavy atom. The molecule has 1 fully saturated rings. The number of halogens is 2. The minimum absolute atomic E-state index is 0.0611. The molecule has 1 aromatic rings. The lowest BCUT2D eigenvalue weighted by Crippen LogP contribution is -2.35. The van der Waals surface area contributed by atoms with Crippen molar-refractivity contribution in [2.75, 3.05) is 40.3 Å². The topological polar surface area (TPSA) is 32.5 Å². The van der Waals surface area contributed by atoms with Crippen LogP contribution in [0.15, 0.2) is 22.7 Å². The summed E-state index contributed by atoms with van der Waals surface area (Å²) in [5.41, 5.74) is 6.57. The zero-order valence-electron chi connectivity index (χ0n) is 12.1. The van der Waals surface area contributed by atoms with Crippen molar-refractivity contribution in [1.29, 1.82) is 0 Å². The predicted octanol–water partition coefficient (Wildman–Crippen LogP) is 2.47.